The minimum Gasteiger partial charge on any atom is -0.396 e. The van der Waals surface area contributed by atoms with Crippen LogP contribution in [0.2, 0.25) is 0 Å². The molecule has 0 bridgehead atoms. The molecule has 3 N–H and O–H groups in total. The molecule has 0 spiro atoms. The Hall–Kier alpha value is -1.39. The maximum Gasteiger partial charge on any atom is 0.239 e. The molecule has 0 aliphatic carbocycles. The molecule has 1 rings (SSSR count). The molecule has 0 saturated carbocycles. The fraction of sp³-hybridized carbons (Fsp3) is 0.500. The summed E-state index contributed by atoms with van der Waals surface area (Å²) in [5, 5.41) is 8.80. The Kier molecular flexibility index (Phi) is 6.39. The topological polar surface area (TPSA) is 66.6 Å². The number of carbonyl (C=O) groups is 1. The van der Waals surface area contributed by atoms with Crippen molar-refractivity contribution in [3.05, 3.63) is 35.9 Å². The van der Waals surface area contributed by atoms with Gasteiger partial charge in [0.2, 0.25) is 5.91 Å². The number of benzene rings is 1. The van der Waals surface area contributed by atoms with E-state index in [2.05, 4.69) is 0 Å². The fourth-order valence-electron chi connectivity index (χ4n) is 1.88. The standard InChI is InChI=1S/C14H22N2O2/c1-2-16(9-6-10-17)14(18)13(15)11-12-7-4-3-5-8-12/h3-5,7-8,13,17H,2,6,9-11,15H2,1H3/t13-/m0/s1. The summed E-state index contributed by atoms with van der Waals surface area (Å²) in [7, 11) is 0. The summed E-state index contributed by atoms with van der Waals surface area (Å²) in [5.41, 5.74) is 7.01. The van der Waals surface area contributed by atoms with Gasteiger partial charge in [0.25, 0.3) is 0 Å². The number of nitrogens with two attached hydrogens (primary N) is 1. The molecule has 1 amide bonds. The fourth-order valence-corrected chi connectivity index (χ4v) is 1.88. The second-order valence-corrected chi connectivity index (χ2v) is 4.29. The lowest BCUT2D eigenvalue weighted by Crippen LogP contribution is -2.45. The van der Waals surface area contributed by atoms with E-state index in [0.717, 1.165) is 5.56 Å². The number of amides is 1. The Balaban J connectivity index is 2.54. The van der Waals surface area contributed by atoms with Crippen LogP contribution in [0.5, 0.6) is 0 Å². The van der Waals surface area contributed by atoms with Crippen LogP contribution in [0.4, 0.5) is 0 Å². The molecule has 1 aromatic carbocycles. The van der Waals surface area contributed by atoms with Crippen molar-refractivity contribution in [2.24, 2.45) is 5.73 Å². The smallest absolute Gasteiger partial charge is 0.239 e. The van der Waals surface area contributed by atoms with Crippen LogP contribution in [0.25, 0.3) is 0 Å². The number of likely N-dealkylation sites (N-methyl/N-ethyl adjacent to an activating group) is 1. The van der Waals surface area contributed by atoms with E-state index in [-0.39, 0.29) is 12.5 Å². The largest absolute Gasteiger partial charge is 0.396 e. The predicted octanol–water partition coefficient (Wildman–Crippen LogP) is 0.787. The predicted molar refractivity (Wildman–Crippen MR) is 72.1 cm³/mol. The summed E-state index contributed by atoms with van der Waals surface area (Å²) < 4.78 is 0. The first-order valence-corrected chi connectivity index (χ1v) is 6.38. The van der Waals surface area contributed by atoms with Gasteiger partial charge in [0.1, 0.15) is 0 Å². The van der Waals surface area contributed by atoms with Crippen molar-refractivity contribution in [2.45, 2.75) is 25.8 Å². The number of aliphatic hydroxyl groups is 1. The van der Waals surface area contributed by atoms with Crippen LogP contribution in [0.1, 0.15) is 18.9 Å². The van der Waals surface area contributed by atoms with Crippen LogP contribution in [0.3, 0.4) is 0 Å². The highest BCUT2D eigenvalue weighted by atomic mass is 16.3. The third-order valence-corrected chi connectivity index (χ3v) is 2.90. The summed E-state index contributed by atoms with van der Waals surface area (Å²) in [4.78, 5) is 13.8. The normalized spacial score (nSPS) is 12.2. The number of aliphatic hydroxyl groups excluding tert-OH is 1. The Morgan fingerprint density at radius 1 is 1.39 bits per heavy atom. The van der Waals surface area contributed by atoms with E-state index in [1.807, 2.05) is 37.3 Å². The number of nitrogens with zero attached hydrogens (tertiary/aromatic N) is 1. The van der Waals surface area contributed by atoms with E-state index >= 15 is 0 Å². The first-order valence-electron chi connectivity index (χ1n) is 6.38. The minimum absolute atomic E-state index is 0.0465. The van der Waals surface area contributed by atoms with Crippen LogP contribution < -0.4 is 5.73 Å². The van der Waals surface area contributed by atoms with E-state index in [4.69, 9.17) is 10.8 Å². The van der Waals surface area contributed by atoms with Gasteiger partial charge in [0, 0.05) is 19.7 Å². The maximum atomic E-state index is 12.1. The summed E-state index contributed by atoms with van der Waals surface area (Å²) in [6.07, 6.45) is 1.15. The van der Waals surface area contributed by atoms with Crippen LogP contribution in [-0.4, -0.2) is 41.7 Å². The highest BCUT2D eigenvalue weighted by Gasteiger charge is 2.19. The number of hydrogen-bond donors (Lipinski definition) is 2. The SMILES string of the molecule is CCN(CCCO)C(=O)[C@@H](N)Cc1ccccc1. The van der Waals surface area contributed by atoms with Crippen molar-refractivity contribution in [3.8, 4) is 0 Å². The second kappa shape index (κ2) is 7.84. The minimum atomic E-state index is -0.508. The van der Waals surface area contributed by atoms with Gasteiger partial charge in [-0.15, -0.1) is 0 Å². The van der Waals surface area contributed by atoms with E-state index in [1.54, 1.807) is 4.90 Å². The quantitative estimate of drug-likeness (QED) is 0.752. The third-order valence-electron chi connectivity index (χ3n) is 2.90. The third kappa shape index (κ3) is 4.47. The van der Waals surface area contributed by atoms with E-state index in [0.29, 0.717) is 25.9 Å². The van der Waals surface area contributed by atoms with Gasteiger partial charge in [0.05, 0.1) is 6.04 Å². The van der Waals surface area contributed by atoms with Gasteiger partial charge in [-0.25, -0.2) is 0 Å². The Bertz CT molecular complexity index is 354. The lowest BCUT2D eigenvalue weighted by molar-refractivity contribution is -0.132. The molecule has 1 atom stereocenters. The molecular formula is C14H22N2O2. The molecule has 0 heterocycles. The molecule has 0 radical (unpaired) electrons. The van der Waals surface area contributed by atoms with E-state index in [9.17, 15) is 4.79 Å². The Morgan fingerprint density at radius 2 is 2.06 bits per heavy atom. The van der Waals surface area contributed by atoms with Gasteiger partial charge in [-0.05, 0) is 25.3 Å². The number of carbonyl (C=O) groups excluding carboxylic acids is 1. The van der Waals surface area contributed by atoms with Crippen molar-refractivity contribution in [2.75, 3.05) is 19.7 Å². The molecule has 0 aliphatic rings. The molecule has 4 nitrogen and oxygen atoms in total. The molecule has 18 heavy (non-hydrogen) atoms. The van der Waals surface area contributed by atoms with Gasteiger partial charge < -0.3 is 15.7 Å². The van der Waals surface area contributed by atoms with Crippen molar-refractivity contribution >= 4 is 5.91 Å². The van der Waals surface area contributed by atoms with Crippen LogP contribution in [-0.2, 0) is 11.2 Å². The molecule has 0 fully saturated rings. The van der Waals surface area contributed by atoms with Crippen LogP contribution in [0.15, 0.2) is 30.3 Å². The highest BCUT2D eigenvalue weighted by Crippen LogP contribution is 2.05. The molecule has 4 heteroatoms. The average Bonchev–Trinajstić information content (AvgIpc) is 2.40. The van der Waals surface area contributed by atoms with Crippen molar-refractivity contribution in [1.29, 1.82) is 0 Å². The highest BCUT2D eigenvalue weighted by molar-refractivity contribution is 5.81. The zero-order valence-corrected chi connectivity index (χ0v) is 10.9. The molecule has 1 aromatic rings. The lowest BCUT2D eigenvalue weighted by Gasteiger charge is -2.24. The zero-order valence-electron chi connectivity index (χ0n) is 10.9. The molecule has 0 aliphatic heterocycles. The average molecular weight is 250 g/mol. The van der Waals surface area contributed by atoms with Crippen molar-refractivity contribution in [3.63, 3.8) is 0 Å². The van der Waals surface area contributed by atoms with Crippen molar-refractivity contribution < 1.29 is 9.90 Å². The number of hydrogen-bond acceptors (Lipinski definition) is 3. The second-order valence-electron chi connectivity index (χ2n) is 4.29. The molecule has 100 valence electrons. The van der Waals surface area contributed by atoms with E-state index < -0.39 is 6.04 Å². The Labute approximate surface area is 108 Å². The summed E-state index contributed by atoms with van der Waals surface area (Å²) >= 11 is 0. The number of rotatable bonds is 7. The van der Waals surface area contributed by atoms with Gasteiger partial charge >= 0.3 is 0 Å². The molecule has 0 saturated heterocycles. The molecule has 0 aromatic heterocycles. The summed E-state index contributed by atoms with van der Waals surface area (Å²) in [5.74, 6) is -0.0465. The van der Waals surface area contributed by atoms with Gasteiger partial charge in [0.15, 0.2) is 0 Å². The van der Waals surface area contributed by atoms with Crippen molar-refractivity contribution in [1.82, 2.24) is 4.90 Å². The molecular weight excluding hydrogens is 228 g/mol. The summed E-state index contributed by atoms with van der Waals surface area (Å²) in [6.45, 7) is 3.21. The monoisotopic (exact) mass is 250 g/mol. The van der Waals surface area contributed by atoms with Crippen LogP contribution in [0, 0.1) is 0 Å². The zero-order chi connectivity index (χ0) is 13.4. The first kappa shape index (κ1) is 14.7. The maximum absolute atomic E-state index is 12.1. The first-order chi connectivity index (χ1) is 8.69. The van der Waals surface area contributed by atoms with E-state index in [1.165, 1.54) is 0 Å². The van der Waals surface area contributed by atoms with Crippen LogP contribution >= 0.6 is 0 Å². The Morgan fingerprint density at radius 3 is 2.61 bits per heavy atom. The summed E-state index contributed by atoms with van der Waals surface area (Å²) in [6, 6.07) is 9.25. The lowest BCUT2D eigenvalue weighted by atomic mass is 10.1. The van der Waals surface area contributed by atoms with Gasteiger partial charge in [-0.2, -0.15) is 0 Å². The van der Waals surface area contributed by atoms with Gasteiger partial charge in [-0.1, -0.05) is 30.3 Å². The van der Waals surface area contributed by atoms with Gasteiger partial charge in [-0.3, -0.25) is 4.79 Å². The molecule has 0 unspecified atom stereocenters.